The number of para-hydroxylation sites is 1. The lowest BCUT2D eigenvalue weighted by atomic mass is 9.95. The van der Waals surface area contributed by atoms with Crippen LogP contribution in [-0.2, 0) is 26.2 Å². The second-order valence-corrected chi connectivity index (χ2v) is 14.4. The van der Waals surface area contributed by atoms with Gasteiger partial charge in [0.2, 0.25) is 11.8 Å². The fourth-order valence-corrected chi connectivity index (χ4v) is 7.56. The van der Waals surface area contributed by atoms with Gasteiger partial charge in [0.05, 0.1) is 10.6 Å². The molecule has 1 aliphatic carbocycles. The van der Waals surface area contributed by atoms with Gasteiger partial charge in [-0.05, 0) is 87.2 Å². The van der Waals surface area contributed by atoms with Crippen LogP contribution in [0.15, 0.2) is 108 Å². The molecule has 1 fully saturated rings. The number of anilines is 1. The van der Waals surface area contributed by atoms with Crippen molar-refractivity contribution in [3.8, 4) is 11.5 Å². The summed E-state index contributed by atoms with van der Waals surface area (Å²) in [4.78, 5) is 29.9. The summed E-state index contributed by atoms with van der Waals surface area (Å²) >= 11 is 0. The molecule has 0 radical (unpaired) electrons. The number of benzene rings is 4. The summed E-state index contributed by atoms with van der Waals surface area (Å²) in [6.45, 7) is 5.42. The van der Waals surface area contributed by atoms with E-state index in [9.17, 15) is 18.0 Å². The molecule has 0 bridgehead atoms. The van der Waals surface area contributed by atoms with E-state index in [1.807, 2.05) is 75.4 Å². The molecule has 8 nitrogen and oxygen atoms in total. The van der Waals surface area contributed by atoms with E-state index in [-0.39, 0.29) is 23.4 Å². The molecule has 4 aromatic carbocycles. The minimum atomic E-state index is -4.18. The predicted molar refractivity (Wildman–Crippen MR) is 189 cm³/mol. The molecule has 48 heavy (non-hydrogen) atoms. The Balaban J connectivity index is 1.49. The van der Waals surface area contributed by atoms with Gasteiger partial charge in [0, 0.05) is 12.6 Å². The predicted octanol–water partition coefficient (Wildman–Crippen LogP) is 7.55. The summed E-state index contributed by atoms with van der Waals surface area (Å²) < 4.78 is 35.6. The van der Waals surface area contributed by atoms with Crippen molar-refractivity contribution < 1.29 is 22.7 Å². The zero-order valence-electron chi connectivity index (χ0n) is 28.0. The van der Waals surface area contributed by atoms with Crippen LogP contribution in [0.2, 0.25) is 0 Å². The van der Waals surface area contributed by atoms with Gasteiger partial charge in [-0.1, -0.05) is 91.9 Å². The molecule has 1 N–H and O–H groups in total. The van der Waals surface area contributed by atoms with Gasteiger partial charge in [-0.15, -0.1) is 0 Å². The van der Waals surface area contributed by atoms with Crippen molar-refractivity contribution in [2.45, 2.75) is 82.8 Å². The van der Waals surface area contributed by atoms with Crippen molar-refractivity contribution in [1.29, 1.82) is 0 Å². The van der Waals surface area contributed by atoms with Crippen LogP contribution in [0.25, 0.3) is 0 Å². The average molecular weight is 668 g/mol. The van der Waals surface area contributed by atoms with Crippen molar-refractivity contribution in [2.24, 2.45) is 0 Å². The van der Waals surface area contributed by atoms with Crippen molar-refractivity contribution in [1.82, 2.24) is 10.2 Å². The van der Waals surface area contributed by atoms with E-state index < -0.39 is 28.5 Å². The lowest BCUT2D eigenvalue weighted by molar-refractivity contribution is -0.140. The quantitative estimate of drug-likeness (QED) is 0.159. The normalized spacial score (nSPS) is 14.1. The number of hydrogen-bond acceptors (Lipinski definition) is 5. The molecule has 2 amide bonds. The third-order valence-corrected chi connectivity index (χ3v) is 10.6. The highest BCUT2D eigenvalue weighted by Crippen LogP contribution is 2.29. The van der Waals surface area contributed by atoms with E-state index in [0.717, 1.165) is 53.1 Å². The number of rotatable bonds is 13. The van der Waals surface area contributed by atoms with Crippen molar-refractivity contribution in [3.63, 3.8) is 0 Å². The lowest BCUT2D eigenvalue weighted by Gasteiger charge is -2.34. The Morgan fingerprint density at radius 3 is 2.12 bits per heavy atom. The number of amides is 2. The van der Waals surface area contributed by atoms with Gasteiger partial charge in [-0.2, -0.15) is 0 Å². The van der Waals surface area contributed by atoms with E-state index in [1.165, 1.54) is 4.90 Å². The van der Waals surface area contributed by atoms with E-state index in [2.05, 4.69) is 5.32 Å². The van der Waals surface area contributed by atoms with Gasteiger partial charge in [0.1, 0.15) is 24.1 Å². The maximum Gasteiger partial charge on any atom is 0.264 e. The van der Waals surface area contributed by atoms with Gasteiger partial charge in [0.15, 0.2) is 0 Å². The first-order valence-electron chi connectivity index (χ1n) is 16.7. The summed E-state index contributed by atoms with van der Waals surface area (Å²) in [5.74, 6) is 0.493. The number of carbonyl (C=O) groups is 2. The van der Waals surface area contributed by atoms with E-state index in [1.54, 1.807) is 48.5 Å². The lowest BCUT2D eigenvalue weighted by Crippen LogP contribution is -2.54. The van der Waals surface area contributed by atoms with E-state index in [0.29, 0.717) is 23.6 Å². The minimum Gasteiger partial charge on any atom is -0.457 e. The van der Waals surface area contributed by atoms with Gasteiger partial charge < -0.3 is 15.0 Å². The Hall–Kier alpha value is -4.63. The van der Waals surface area contributed by atoms with Crippen molar-refractivity contribution >= 4 is 27.5 Å². The zero-order chi connectivity index (χ0) is 34.1. The molecule has 9 heteroatoms. The molecule has 1 atom stereocenters. The molecule has 1 saturated carbocycles. The Bertz CT molecular complexity index is 1770. The molecule has 0 spiro atoms. The first kappa shape index (κ1) is 34.7. The number of carbonyl (C=O) groups excluding carboxylic acids is 2. The fraction of sp³-hybridized carbons (Fsp3) is 0.333. The number of sulfonamides is 1. The molecule has 5 rings (SSSR count). The van der Waals surface area contributed by atoms with Gasteiger partial charge in [0.25, 0.3) is 10.0 Å². The highest BCUT2D eigenvalue weighted by atomic mass is 32.2. The van der Waals surface area contributed by atoms with Gasteiger partial charge in [-0.3, -0.25) is 13.9 Å². The van der Waals surface area contributed by atoms with Crippen LogP contribution in [-0.4, -0.2) is 43.8 Å². The third-order valence-electron chi connectivity index (χ3n) is 8.76. The summed E-state index contributed by atoms with van der Waals surface area (Å²) in [5.41, 5.74) is 3.11. The molecular weight excluding hydrogens is 623 g/mol. The van der Waals surface area contributed by atoms with Crippen LogP contribution in [0.3, 0.4) is 0 Å². The maximum atomic E-state index is 14.5. The van der Waals surface area contributed by atoms with Crippen molar-refractivity contribution in [3.05, 3.63) is 120 Å². The fourth-order valence-electron chi connectivity index (χ4n) is 6.14. The van der Waals surface area contributed by atoms with Crippen LogP contribution >= 0.6 is 0 Å². The van der Waals surface area contributed by atoms with Gasteiger partial charge in [-0.25, -0.2) is 8.42 Å². The topological polar surface area (TPSA) is 96.0 Å². The number of ether oxygens (including phenoxy) is 1. The Labute approximate surface area is 284 Å². The first-order chi connectivity index (χ1) is 23.1. The van der Waals surface area contributed by atoms with E-state index >= 15 is 0 Å². The maximum absolute atomic E-state index is 14.5. The monoisotopic (exact) mass is 667 g/mol. The van der Waals surface area contributed by atoms with Crippen LogP contribution in [0.4, 0.5) is 5.69 Å². The zero-order valence-corrected chi connectivity index (χ0v) is 28.8. The Kier molecular flexibility index (Phi) is 11.5. The molecule has 252 valence electrons. The SMILES string of the molecule is CCC(C(=O)NC1CCCCC1)N(Cc1cccc(C)c1)C(=O)CN(c1ccc(Oc2ccccc2)cc1)S(=O)(=O)c1ccc(C)cc1. The molecule has 0 aliphatic heterocycles. The second-order valence-electron chi connectivity index (χ2n) is 12.5. The number of aryl methyl sites for hydroxylation is 2. The number of hydrogen-bond donors (Lipinski definition) is 1. The van der Waals surface area contributed by atoms with Crippen LogP contribution in [0, 0.1) is 13.8 Å². The summed E-state index contributed by atoms with van der Waals surface area (Å²) in [7, 11) is -4.18. The molecule has 1 aliphatic rings. The second kappa shape index (κ2) is 16.0. The first-order valence-corrected chi connectivity index (χ1v) is 18.2. The van der Waals surface area contributed by atoms with Crippen LogP contribution in [0.1, 0.15) is 62.1 Å². The smallest absolute Gasteiger partial charge is 0.264 e. The van der Waals surface area contributed by atoms with Crippen LogP contribution < -0.4 is 14.4 Å². The molecule has 0 aromatic heterocycles. The molecule has 4 aromatic rings. The summed E-state index contributed by atoms with van der Waals surface area (Å²) in [6, 6.07) is 29.6. The molecular formula is C39H45N3O5S. The van der Waals surface area contributed by atoms with E-state index in [4.69, 9.17) is 4.74 Å². The van der Waals surface area contributed by atoms with Crippen LogP contribution in [0.5, 0.6) is 11.5 Å². The van der Waals surface area contributed by atoms with Crippen molar-refractivity contribution in [2.75, 3.05) is 10.8 Å². The number of nitrogens with one attached hydrogen (secondary N) is 1. The minimum absolute atomic E-state index is 0.0674. The highest BCUT2D eigenvalue weighted by molar-refractivity contribution is 7.92. The molecule has 0 heterocycles. The standard InChI is InChI=1S/C39H45N3O5S/c1-4-37(39(44)40-32-14-7-5-8-15-32)41(27-31-13-11-12-30(3)26-31)38(43)28-42(48(45,46)36-24-18-29(2)19-25-36)33-20-22-35(23-21-33)47-34-16-9-6-10-17-34/h6,9-13,16-26,32,37H,4-5,7-8,14-15,27-28H2,1-3H3,(H,40,44). The molecule has 1 unspecified atom stereocenters. The number of nitrogens with zero attached hydrogens (tertiary/aromatic N) is 2. The van der Waals surface area contributed by atoms with Gasteiger partial charge >= 0.3 is 0 Å². The molecule has 0 saturated heterocycles. The Morgan fingerprint density at radius 1 is 0.812 bits per heavy atom. The summed E-state index contributed by atoms with van der Waals surface area (Å²) in [5, 5.41) is 3.20. The summed E-state index contributed by atoms with van der Waals surface area (Å²) in [6.07, 6.45) is 5.50. The largest absolute Gasteiger partial charge is 0.457 e. The average Bonchev–Trinajstić information content (AvgIpc) is 3.08. The highest BCUT2D eigenvalue weighted by Gasteiger charge is 2.34. The Morgan fingerprint density at radius 2 is 1.48 bits per heavy atom. The third kappa shape index (κ3) is 8.83.